The first-order chi connectivity index (χ1) is 10.3. The highest BCUT2D eigenvalue weighted by Crippen LogP contribution is 2.39. The van der Waals surface area contributed by atoms with Crippen molar-refractivity contribution in [3.05, 3.63) is 34.4 Å². The van der Waals surface area contributed by atoms with Crippen LogP contribution in [0.5, 0.6) is 5.75 Å². The molecule has 0 spiro atoms. The summed E-state index contributed by atoms with van der Waals surface area (Å²) in [6.07, 6.45) is -5.99. The Bertz CT molecular complexity index is 620. The fraction of sp³-hybridized carbons (Fsp3) is 0.400. The van der Waals surface area contributed by atoms with Gasteiger partial charge in [0.25, 0.3) is 0 Å². The van der Waals surface area contributed by atoms with Gasteiger partial charge in [-0.3, -0.25) is 0 Å². The smallest absolute Gasteiger partial charge is 0.430 e. The van der Waals surface area contributed by atoms with Crippen LogP contribution in [0.3, 0.4) is 0 Å². The highest BCUT2D eigenvalue weighted by molar-refractivity contribution is 5.96. The Morgan fingerprint density at radius 3 is 2.64 bits per heavy atom. The van der Waals surface area contributed by atoms with Gasteiger partial charge in [0.1, 0.15) is 5.75 Å². The van der Waals surface area contributed by atoms with Crippen molar-refractivity contribution in [1.82, 2.24) is 0 Å². The SMILES string of the molecule is CCOC(=O)C1=Cc2cc(CO)cc(C)c2OC1C(F)(F)F. The quantitative estimate of drug-likeness (QED) is 0.871. The summed E-state index contributed by atoms with van der Waals surface area (Å²) in [5, 5.41) is 9.17. The lowest BCUT2D eigenvalue weighted by Gasteiger charge is -2.29. The van der Waals surface area contributed by atoms with Crippen molar-refractivity contribution in [2.24, 2.45) is 0 Å². The van der Waals surface area contributed by atoms with E-state index in [4.69, 9.17) is 4.74 Å². The number of halogens is 3. The van der Waals surface area contributed by atoms with Gasteiger partial charge in [-0.25, -0.2) is 4.79 Å². The fourth-order valence-electron chi connectivity index (χ4n) is 2.29. The number of benzene rings is 1. The van der Waals surface area contributed by atoms with E-state index in [-0.39, 0.29) is 19.0 Å². The summed E-state index contributed by atoms with van der Waals surface area (Å²) in [6.45, 7) is 2.78. The van der Waals surface area contributed by atoms with Gasteiger partial charge in [0.15, 0.2) is 0 Å². The molecule has 0 radical (unpaired) electrons. The zero-order valence-corrected chi connectivity index (χ0v) is 12.0. The van der Waals surface area contributed by atoms with Gasteiger partial charge in [0, 0.05) is 5.56 Å². The molecule has 1 unspecified atom stereocenters. The molecule has 1 aromatic rings. The summed E-state index contributed by atoms with van der Waals surface area (Å²) in [5.74, 6) is -1.02. The number of hydrogen-bond acceptors (Lipinski definition) is 4. The second kappa shape index (κ2) is 6.00. The van der Waals surface area contributed by atoms with Crippen molar-refractivity contribution in [3.63, 3.8) is 0 Å². The Kier molecular flexibility index (Phi) is 4.46. The van der Waals surface area contributed by atoms with E-state index in [2.05, 4.69) is 4.74 Å². The van der Waals surface area contributed by atoms with Crippen molar-refractivity contribution >= 4 is 12.0 Å². The molecular weight excluding hydrogens is 301 g/mol. The van der Waals surface area contributed by atoms with E-state index in [1.165, 1.54) is 19.1 Å². The topological polar surface area (TPSA) is 55.8 Å². The third-order valence-electron chi connectivity index (χ3n) is 3.18. The lowest BCUT2D eigenvalue weighted by Crippen LogP contribution is -2.41. The molecule has 0 fully saturated rings. The minimum atomic E-state index is -4.74. The predicted molar refractivity (Wildman–Crippen MR) is 72.2 cm³/mol. The molecule has 1 aromatic carbocycles. The first-order valence-corrected chi connectivity index (χ1v) is 6.64. The van der Waals surface area contributed by atoms with Crippen molar-refractivity contribution in [2.45, 2.75) is 32.7 Å². The van der Waals surface area contributed by atoms with Crippen LogP contribution in [0.15, 0.2) is 17.7 Å². The van der Waals surface area contributed by atoms with Gasteiger partial charge >= 0.3 is 12.1 Å². The number of aliphatic hydroxyl groups is 1. The molecule has 0 amide bonds. The highest BCUT2D eigenvalue weighted by atomic mass is 19.4. The number of ether oxygens (including phenoxy) is 2. The third-order valence-corrected chi connectivity index (χ3v) is 3.18. The number of carbonyl (C=O) groups excluding carboxylic acids is 1. The van der Waals surface area contributed by atoms with E-state index in [0.29, 0.717) is 16.7 Å². The maximum absolute atomic E-state index is 13.1. The van der Waals surface area contributed by atoms with Crippen molar-refractivity contribution in [2.75, 3.05) is 6.61 Å². The minimum absolute atomic E-state index is 0.0384. The number of fused-ring (bicyclic) bond motifs is 1. The minimum Gasteiger partial charge on any atom is -0.475 e. The number of esters is 1. The van der Waals surface area contributed by atoms with Gasteiger partial charge < -0.3 is 14.6 Å². The summed E-state index contributed by atoms with van der Waals surface area (Å²) >= 11 is 0. The van der Waals surface area contributed by atoms with Crippen LogP contribution in [-0.4, -0.2) is 30.0 Å². The average Bonchev–Trinajstić information content (AvgIpc) is 2.45. The Hall–Kier alpha value is -2.02. The van der Waals surface area contributed by atoms with Crippen LogP contribution in [0, 0.1) is 6.92 Å². The van der Waals surface area contributed by atoms with Crippen LogP contribution in [0.2, 0.25) is 0 Å². The maximum Gasteiger partial charge on any atom is 0.430 e. The summed E-state index contributed by atoms with van der Waals surface area (Å²) in [7, 11) is 0. The first-order valence-electron chi connectivity index (χ1n) is 6.64. The number of alkyl halides is 3. The number of hydrogen-bond donors (Lipinski definition) is 1. The van der Waals surface area contributed by atoms with Crippen LogP contribution in [0.25, 0.3) is 6.08 Å². The molecule has 120 valence electrons. The molecule has 0 bridgehead atoms. The van der Waals surface area contributed by atoms with E-state index < -0.39 is 23.8 Å². The maximum atomic E-state index is 13.1. The molecule has 1 N–H and O–H groups in total. The molecule has 1 aliphatic heterocycles. The van der Waals surface area contributed by atoms with Crippen LogP contribution in [0.4, 0.5) is 13.2 Å². The molecule has 0 aromatic heterocycles. The molecule has 0 saturated heterocycles. The molecule has 4 nitrogen and oxygen atoms in total. The summed E-state index contributed by atoms with van der Waals surface area (Å²) in [4.78, 5) is 11.8. The van der Waals surface area contributed by atoms with Crippen LogP contribution < -0.4 is 4.74 Å². The number of aryl methyl sites for hydroxylation is 1. The summed E-state index contributed by atoms with van der Waals surface area (Å²) in [6, 6.07) is 3.02. The van der Waals surface area contributed by atoms with E-state index >= 15 is 0 Å². The molecule has 1 aliphatic rings. The molecule has 1 heterocycles. The predicted octanol–water partition coefficient (Wildman–Crippen LogP) is 2.76. The van der Waals surface area contributed by atoms with Crippen molar-refractivity contribution < 1.29 is 32.5 Å². The lowest BCUT2D eigenvalue weighted by molar-refractivity contribution is -0.188. The Labute approximate surface area is 125 Å². The molecular formula is C15H15F3O4. The van der Waals surface area contributed by atoms with Gasteiger partial charge in [-0.1, -0.05) is 6.07 Å². The number of aliphatic hydroxyl groups excluding tert-OH is 1. The highest BCUT2D eigenvalue weighted by Gasteiger charge is 2.49. The zero-order valence-electron chi connectivity index (χ0n) is 12.0. The van der Waals surface area contributed by atoms with Crippen LogP contribution >= 0.6 is 0 Å². The molecule has 7 heteroatoms. The monoisotopic (exact) mass is 316 g/mol. The molecule has 2 rings (SSSR count). The largest absolute Gasteiger partial charge is 0.475 e. The van der Waals surface area contributed by atoms with E-state index in [1.807, 2.05) is 0 Å². The van der Waals surface area contributed by atoms with Crippen molar-refractivity contribution in [3.8, 4) is 5.75 Å². The van der Waals surface area contributed by atoms with E-state index in [1.54, 1.807) is 6.92 Å². The van der Waals surface area contributed by atoms with E-state index in [9.17, 15) is 23.1 Å². The number of rotatable bonds is 3. The van der Waals surface area contributed by atoms with Crippen LogP contribution in [0.1, 0.15) is 23.6 Å². The van der Waals surface area contributed by atoms with Gasteiger partial charge in [-0.05, 0) is 37.1 Å². The lowest BCUT2D eigenvalue weighted by atomic mass is 9.97. The second-order valence-corrected chi connectivity index (χ2v) is 4.85. The van der Waals surface area contributed by atoms with Crippen LogP contribution in [-0.2, 0) is 16.1 Å². The van der Waals surface area contributed by atoms with E-state index in [0.717, 1.165) is 6.08 Å². The molecule has 0 saturated carbocycles. The molecule has 0 aliphatic carbocycles. The first kappa shape index (κ1) is 16.4. The van der Waals surface area contributed by atoms with Gasteiger partial charge in [0.05, 0.1) is 18.8 Å². The normalized spacial score (nSPS) is 17.4. The molecule has 1 atom stereocenters. The van der Waals surface area contributed by atoms with Crippen molar-refractivity contribution in [1.29, 1.82) is 0 Å². The Morgan fingerprint density at radius 2 is 2.09 bits per heavy atom. The van der Waals surface area contributed by atoms with Gasteiger partial charge in [-0.15, -0.1) is 0 Å². The average molecular weight is 316 g/mol. The second-order valence-electron chi connectivity index (χ2n) is 4.85. The van der Waals surface area contributed by atoms with Gasteiger partial charge in [0.2, 0.25) is 6.10 Å². The standard InChI is InChI=1S/C15H15F3O4/c1-3-21-14(20)11-6-10-5-9(7-19)4-8(2)12(10)22-13(11)15(16,17)18/h4-6,13,19H,3,7H2,1-2H3. The Balaban J connectivity index is 2.56. The molecule has 22 heavy (non-hydrogen) atoms. The number of carbonyl (C=O) groups is 1. The summed E-state index contributed by atoms with van der Waals surface area (Å²) in [5.41, 5.74) is 0.684. The fourth-order valence-corrected chi connectivity index (χ4v) is 2.29. The zero-order chi connectivity index (χ0) is 16.5. The summed E-state index contributed by atoms with van der Waals surface area (Å²) < 4.78 is 49.2. The Morgan fingerprint density at radius 1 is 1.41 bits per heavy atom. The third kappa shape index (κ3) is 3.09. The van der Waals surface area contributed by atoms with Gasteiger partial charge in [-0.2, -0.15) is 13.2 Å².